The van der Waals surface area contributed by atoms with Crippen LogP contribution in [0.15, 0.2) is 54.6 Å². The summed E-state index contributed by atoms with van der Waals surface area (Å²) < 4.78 is 0. The number of hydrogen-bond donors (Lipinski definition) is 2. The Labute approximate surface area is 122 Å². The molecule has 1 heterocycles. The second-order valence-electron chi connectivity index (χ2n) is 4.82. The summed E-state index contributed by atoms with van der Waals surface area (Å²) >= 11 is 0. The first-order valence-corrected chi connectivity index (χ1v) is 6.64. The monoisotopic (exact) mass is 277 g/mol. The first-order chi connectivity index (χ1) is 10.1. The molecular weight excluding hydrogens is 262 g/mol. The van der Waals surface area contributed by atoms with Gasteiger partial charge in [-0.15, -0.1) is 0 Å². The van der Waals surface area contributed by atoms with E-state index in [-0.39, 0.29) is 5.75 Å². The van der Waals surface area contributed by atoms with E-state index >= 15 is 0 Å². The fourth-order valence-electron chi connectivity index (χ4n) is 2.19. The molecule has 0 bridgehead atoms. The van der Waals surface area contributed by atoms with E-state index in [9.17, 15) is 5.11 Å². The third-order valence-electron chi connectivity index (χ3n) is 3.34. The Morgan fingerprint density at radius 2 is 1.62 bits per heavy atom. The number of hydrogen-bond acceptors (Lipinski definition) is 4. The quantitative estimate of drug-likeness (QED) is 0.753. The summed E-state index contributed by atoms with van der Waals surface area (Å²) in [6, 6.07) is 16.7. The number of aromatic nitrogens is 2. The lowest BCUT2D eigenvalue weighted by atomic mass is 10.1. The predicted octanol–water partition coefficient (Wildman–Crippen LogP) is 3.41. The number of aromatic hydroxyl groups is 1. The number of rotatable bonds is 2. The number of nitrogens with zero attached hydrogens (tertiary/aromatic N) is 2. The van der Waals surface area contributed by atoms with Gasteiger partial charge in [-0.3, -0.25) is 0 Å². The van der Waals surface area contributed by atoms with Gasteiger partial charge in [0.2, 0.25) is 0 Å². The Balaban J connectivity index is 2.19. The molecule has 0 aliphatic heterocycles. The van der Waals surface area contributed by atoms with Gasteiger partial charge < -0.3 is 10.8 Å². The van der Waals surface area contributed by atoms with Crippen LogP contribution in [0.1, 0.15) is 5.56 Å². The molecule has 0 unspecified atom stereocenters. The second-order valence-corrected chi connectivity index (χ2v) is 4.82. The molecule has 3 N–H and O–H groups in total. The van der Waals surface area contributed by atoms with Crippen LogP contribution in [-0.4, -0.2) is 15.1 Å². The summed E-state index contributed by atoms with van der Waals surface area (Å²) in [4.78, 5) is 8.94. The van der Waals surface area contributed by atoms with Gasteiger partial charge in [0.1, 0.15) is 11.6 Å². The Bertz CT molecular complexity index is 785. The van der Waals surface area contributed by atoms with Crippen LogP contribution in [-0.2, 0) is 0 Å². The SMILES string of the molecule is Cc1c(N)nc(-c2cccc(O)c2)nc1-c1ccccc1. The van der Waals surface area contributed by atoms with Crippen LogP contribution in [0.4, 0.5) is 5.82 Å². The van der Waals surface area contributed by atoms with Crippen LogP contribution in [0, 0.1) is 6.92 Å². The van der Waals surface area contributed by atoms with Gasteiger partial charge in [-0.2, -0.15) is 0 Å². The van der Waals surface area contributed by atoms with Crippen molar-refractivity contribution in [3.8, 4) is 28.4 Å². The van der Waals surface area contributed by atoms with Crippen LogP contribution in [0.25, 0.3) is 22.6 Å². The molecule has 3 aromatic rings. The van der Waals surface area contributed by atoms with Crippen molar-refractivity contribution in [1.82, 2.24) is 9.97 Å². The molecule has 0 atom stereocenters. The summed E-state index contributed by atoms with van der Waals surface area (Å²) in [6.45, 7) is 1.91. The van der Waals surface area contributed by atoms with Gasteiger partial charge in [0, 0.05) is 16.7 Å². The number of nitrogens with two attached hydrogens (primary N) is 1. The maximum atomic E-state index is 9.60. The van der Waals surface area contributed by atoms with E-state index in [0.717, 1.165) is 22.4 Å². The average Bonchev–Trinajstić information content (AvgIpc) is 2.51. The van der Waals surface area contributed by atoms with Crippen molar-refractivity contribution in [2.24, 2.45) is 0 Å². The van der Waals surface area contributed by atoms with Crippen molar-refractivity contribution < 1.29 is 5.11 Å². The van der Waals surface area contributed by atoms with Crippen LogP contribution in [0.5, 0.6) is 5.75 Å². The third-order valence-corrected chi connectivity index (χ3v) is 3.34. The maximum Gasteiger partial charge on any atom is 0.162 e. The first-order valence-electron chi connectivity index (χ1n) is 6.64. The molecule has 0 aliphatic rings. The molecule has 4 heteroatoms. The highest BCUT2D eigenvalue weighted by atomic mass is 16.3. The largest absolute Gasteiger partial charge is 0.508 e. The molecule has 0 spiro atoms. The Morgan fingerprint density at radius 1 is 0.905 bits per heavy atom. The van der Waals surface area contributed by atoms with Crippen molar-refractivity contribution in [2.45, 2.75) is 6.92 Å². The average molecular weight is 277 g/mol. The molecule has 2 aromatic carbocycles. The normalized spacial score (nSPS) is 10.5. The van der Waals surface area contributed by atoms with E-state index < -0.39 is 0 Å². The molecule has 0 aliphatic carbocycles. The number of nitrogen functional groups attached to an aromatic ring is 1. The molecule has 0 saturated carbocycles. The van der Waals surface area contributed by atoms with Crippen molar-refractivity contribution in [2.75, 3.05) is 5.73 Å². The van der Waals surface area contributed by atoms with Gasteiger partial charge in [-0.1, -0.05) is 42.5 Å². The molecule has 0 radical (unpaired) electrons. The van der Waals surface area contributed by atoms with Crippen LogP contribution in [0.3, 0.4) is 0 Å². The smallest absolute Gasteiger partial charge is 0.162 e. The highest BCUT2D eigenvalue weighted by molar-refractivity contribution is 5.71. The minimum absolute atomic E-state index is 0.177. The van der Waals surface area contributed by atoms with Gasteiger partial charge in [0.25, 0.3) is 0 Å². The van der Waals surface area contributed by atoms with E-state index in [1.54, 1.807) is 18.2 Å². The Morgan fingerprint density at radius 3 is 2.33 bits per heavy atom. The molecule has 0 fully saturated rings. The van der Waals surface area contributed by atoms with E-state index in [1.807, 2.05) is 43.3 Å². The molecule has 104 valence electrons. The van der Waals surface area contributed by atoms with Gasteiger partial charge in [0.05, 0.1) is 5.69 Å². The number of benzene rings is 2. The van der Waals surface area contributed by atoms with Crippen LogP contribution >= 0.6 is 0 Å². The number of phenols is 1. The summed E-state index contributed by atoms with van der Waals surface area (Å²) in [6.07, 6.45) is 0. The molecule has 0 saturated heterocycles. The van der Waals surface area contributed by atoms with E-state index in [4.69, 9.17) is 5.73 Å². The zero-order valence-electron chi connectivity index (χ0n) is 11.6. The minimum atomic E-state index is 0.177. The molecule has 0 amide bonds. The second kappa shape index (κ2) is 5.25. The predicted molar refractivity (Wildman–Crippen MR) is 83.7 cm³/mol. The van der Waals surface area contributed by atoms with Crippen LogP contribution < -0.4 is 5.73 Å². The fraction of sp³-hybridized carbons (Fsp3) is 0.0588. The van der Waals surface area contributed by atoms with E-state index in [0.29, 0.717) is 11.6 Å². The minimum Gasteiger partial charge on any atom is -0.508 e. The first kappa shape index (κ1) is 13.1. The van der Waals surface area contributed by atoms with Crippen molar-refractivity contribution >= 4 is 5.82 Å². The van der Waals surface area contributed by atoms with Gasteiger partial charge >= 0.3 is 0 Å². The van der Waals surface area contributed by atoms with Gasteiger partial charge in [-0.25, -0.2) is 9.97 Å². The van der Waals surface area contributed by atoms with Crippen molar-refractivity contribution in [1.29, 1.82) is 0 Å². The molecular formula is C17H15N3O. The Kier molecular flexibility index (Phi) is 3.28. The van der Waals surface area contributed by atoms with Crippen molar-refractivity contribution in [3.63, 3.8) is 0 Å². The lowest BCUT2D eigenvalue weighted by Gasteiger charge is -2.10. The lowest BCUT2D eigenvalue weighted by Crippen LogP contribution is -2.02. The summed E-state index contributed by atoms with van der Waals surface area (Å²) in [7, 11) is 0. The molecule has 21 heavy (non-hydrogen) atoms. The topological polar surface area (TPSA) is 72.0 Å². The lowest BCUT2D eigenvalue weighted by molar-refractivity contribution is 0.475. The number of phenolic OH excluding ortho intramolecular Hbond substituents is 1. The number of anilines is 1. The van der Waals surface area contributed by atoms with Gasteiger partial charge in [0.15, 0.2) is 5.82 Å². The highest BCUT2D eigenvalue weighted by Gasteiger charge is 2.12. The van der Waals surface area contributed by atoms with Crippen LogP contribution in [0.2, 0.25) is 0 Å². The Hall–Kier alpha value is -2.88. The molecule has 3 rings (SSSR count). The van der Waals surface area contributed by atoms with E-state index in [1.165, 1.54) is 0 Å². The summed E-state index contributed by atoms with van der Waals surface area (Å²) in [5.74, 6) is 1.13. The molecule has 4 nitrogen and oxygen atoms in total. The third kappa shape index (κ3) is 2.56. The maximum absolute atomic E-state index is 9.60. The summed E-state index contributed by atoms with van der Waals surface area (Å²) in [5.41, 5.74) is 9.41. The highest BCUT2D eigenvalue weighted by Crippen LogP contribution is 2.28. The van der Waals surface area contributed by atoms with Gasteiger partial charge in [-0.05, 0) is 19.1 Å². The fourth-order valence-corrected chi connectivity index (χ4v) is 2.19. The molecule has 1 aromatic heterocycles. The van der Waals surface area contributed by atoms with Crippen molar-refractivity contribution in [3.05, 3.63) is 60.2 Å². The van der Waals surface area contributed by atoms with E-state index in [2.05, 4.69) is 9.97 Å². The standard InChI is InChI=1S/C17H15N3O/c1-11-15(12-6-3-2-4-7-12)19-17(20-16(11)18)13-8-5-9-14(21)10-13/h2-10,21H,1H3,(H2,18,19,20). The zero-order chi connectivity index (χ0) is 14.8. The zero-order valence-corrected chi connectivity index (χ0v) is 11.6. The summed E-state index contributed by atoms with van der Waals surface area (Å²) in [5, 5.41) is 9.60.